The van der Waals surface area contributed by atoms with Crippen LogP contribution in [0.3, 0.4) is 0 Å². The van der Waals surface area contributed by atoms with E-state index in [1.54, 1.807) is 12.3 Å². The second-order valence-corrected chi connectivity index (χ2v) is 3.55. The van der Waals surface area contributed by atoms with Gasteiger partial charge in [0.15, 0.2) is 5.65 Å². The first-order chi connectivity index (χ1) is 6.72. The van der Waals surface area contributed by atoms with E-state index >= 15 is 0 Å². The SMILES string of the molecule is CCCn1c(N)nc2cc(Cl)cnc21. The average Bonchev–Trinajstić information content (AvgIpc) is 2.43. The summed E-state index contributed by atoms with van der Waals surface area (Å²) in [7, 11) is 0. The van der Waals surface area contributed by atoms with Crippen LogP contribution in [0.5, 0.6) is 0 Å². The first kappa shape index (κ1) is 9.27. The Morgan fingerprint density at radius 2 is 2.36 bits per heavy atom. The second-order valence-electron chi connectivity index (χ2n) is 3.12. The summed E-state index contributed by atoms with van der Waals surface area (Å²) in [4.78, 5) is 8.40. The van der Waals surface area contributed by atoms with Crippen molar-refractivity contribution in [2.45, 2.75) is 19.9 Å². The zero-order chi connectivity index (χ0) is 10.1. The van der Waals surface area contributed by atoms with Crippen molar-refractivity contribution >= 4 is 28.7 Å². The first-order valence-electron chi connectivity index (χ1n) is 4.49. The van der Waals surface area contributed by atoms with Crippen molar-refractivity contribution in [2.24, 2.45) is 0 Å². The average molecular weight is 211 g/mol. The largest absolute Gasteiger partial charge is 0.369 e. The topological polar surface area (TPSA) is 56.7 Å². The number of nitrogens with zero attached hydrogens (tertiary/aromatic N) is 3. The van der Waals surface area contributed by atoms with Crippen LogP contribution in [0.15, 0.2) is 12.3 Å². The highest BCUT2D eigenvalue weighted by Crippen LogP contribution is 2.19. The molecule has 2 N–H and O–H groups in total. The van der Waals surface area contributed by atoms with Gasteiger partial charge in [-0.2, -0.15) is 0 Å². The Kier molecular flexibility index (Phi) is 2.29. The van der Waals surface area contributed by atoms with E-state index in [1.165, 1.54) is 0 Å². The Balaban J connectivity index is 2.64. The van der Waals surface area contributed by atoms with Crippen molar-refractivity contribution in [1.82, 2.24) is 14.5 Å². The Morgan fingerprint density at radius 1 is 1.57 bits per heavy atom. The fraction of sp³-hybridized carbons (Fsp3) is 0.333. The molecular formula is C9H11ClN4. The van der Waals surface area contributed by atoms with E-state index in [4.69, 9.17) is 17.3 Å². The van der Waals surface area contributed by atoms with E-state index in [1.807, 2.05) is 4.57 Å². The monoisotopic (exact) mass is 210 g/mol. The number of anilines is 1. The third-order valence-corrected chi connectivity index (χ3v) is 2.24. The van der Waals surface area contributed by atoms with Gasteiger partial charge in [-0.25, -0.2) is 9.97 Å². The van der Waals surface area contributed by atoms with Gasteiger partial charge in [-0.1, -0.05) is 18.5 Å². The number of hydrogen-bond acceptors (Lipinski definition) is 3. The molecule has 14 heavy (non-hydrogen) atoms. The second kappa shape index (κ2) is 3.46. The lowest BCUT2D eigenvalue weighted by Gasteiger charge is -2.01. The summed E-state index contributed by atoms with van der Waals surface area (Å²) in [6.45, 7) is 2.91. The van der Waals surface area contributed by atoms with Crippen molar-refractivity contribution in [1.29, 1.82) is 0 Å². The van der Waals surface area contributed by atoms with Gasteiger partial charge in [0, 0.05) is 12.7 Å². The van der Waals surface area contributed by atoms with Gasteiger partial charge in [0.25, 0.3) is 0 Å². The molecule has 0 bridgehead atoms. The minimum Gasteiger partial charge on any atom is -0.369 e. The minimum atomic E-state index is 0.497. The molecule has 0 saturated heterocycles. The standard InChI is InChI=1S/C9H11ClN4/c1-2-3-14-8-7(13-9(14)11)4-6(10)5-12-8/h4-5H,2-3H2,1H3,(H2,11,13). The predicted molar refractivity (Wildman–Crippen MR) is 57.2 cm³/mol. The fourth-order valence-corrected chi connectivity index (χ4v) is 1.60. The molecule has 0 aliphatic carbocycles. The number of aromatic nitrogens is 3. The van der Waals surface area contributed by atoms with Gasteiger partial charge >= 0.3 is 0 Å². The maximum atomic E-state index is 5.80. The van der Waals surface area contributed by atoms with Crippen LogP contribution in [-0.4, -0.2) is 14.5 Å². The highest BCUT2D eigenvalue weighted by Gasteiger charge is 2.08. The number of imidazole rings is 1. The minimum absolute atomic E-state index is 0.497. The van der Waals surface area contributed by atoms with Gasteiger partial charge in [0.1, 0.15) is 5.52 Å². The maximum absolute atomic E-state index is 5.80. The van der Waals surface area contributed by atoms with Crippen LogP contribution in [0, 0.1) is 0 Å². The summed E-state index contributed by atoms with van der Waals surface area (Å²) in [6.07, 6.45) is 2.61. The number of hydrogen-bond donors (Lipinski definition) is 1. The van der Waals surface area contributed by atoms with Crippen molar-refractivity contribution < 1.29 is 0 Å². The Morgan fingerprint density at radius 3 is 3.07 bits per heavy atom. The number of nitrogens with two attached hydrogens (primary N) is 1. The Bertz CT molecular complexity index is 463. The summed E-state index contributed by atoms with van der Waals surface area (Å²) in [6, 6.07) is 1.77. The predicted octanol–water partition coefficient (Wildman–Crippen LogP) is 2.08. The van der Waals surface area contributed by atoms with E-state index < -0.39 is 0 Å². The summed E-state index contributed by atoms with van der Waals surface area (Å²) in [5.41, 5.74) is 7.31. The molecule has 4 nitrogen and oxygen atoms in total. The molecular weight excluding hydrogens is 200 g/mol. The molecule has 0 aromatic carbocycles. The third-order valence-electron chi connectivity index (χ3n) is 2.03. The van der Waals surface area contributed by atoms with Crippen LogP contribution >= 0.6 is 11.6 Å². The van der Waals surface area contributed by atoms with E-state index in [-0.39, 0.29) is 0 Å². The van der Waals surface area contributed by atoms with Crippen LogP contribution < -0.4 is 5.73 Å². The number of rotatable bonds is 2. The van der Waals surface area contributed by atoms with E-state index in [0.29, 0.717) is 11.0 Å². The molecule has 0 spiro atoms. The van der Waals surface area contributed by atoms with E-state index in [9.17, 15) is 0 Å². The molecule has 0 radical (unpaired) electrons. The molecule has 0 saturated carbocycles. The van der Waals surface area contributed by atoms with Crippen LogP contribution in [0.4, 0.5) is 5.95 Å². The smallest absolute Gasteiger partial charge is 0.202 e. The van der Waals surface area contributed by atoms with Gasteiger partial charge < -0.3 is 5.73 Å². The van der Waals surface area contributed by atoms with Crippen molar-refractivity contribution in [2.75, 3.05) is 5.73 Å². The molecule has 5 heteroatoms. The molecule has 2 rings (SSSR count). The zero-order valence-electron chi connectivity index (χ0n) is 7.87. The van der Waals surface area contributed by atoms with Gasteiger partial charge in [0.05, 0.1) is 5.02 Å². The summed E-state index contributed by atoms with van der Waals surface area (Å²) in [5.74, 6) is 0.497. The van der Waals surface area contributed by atoms with Crippen molar-refractivity contribution in [3.63, 3.8) is 0 Å². The molecule has 74 valence electrons. The van der Waals surface area contributed by atoms with Gasteiger partial charge in [-0.3, -0.25) is 4.57 Å². The molecule has 0 aliphatic heterocycles. The summed E-state index contributed by atoms with van der Waals surface area (Å²) >= 11 is 5.80. The van der Waals surface area contributed by atoms with Crippen LogP contribution in [0.25, 0.3) is 11.2 Å². The first-order valence-corrected chi connectivity index (χ1v) is 4.87. The van der Waals surface area contributed by atoms with Crippen LogP contribution in [0.1, 0.15) is 13.3 Å². The summed E-state index contributed by atoms with van der Waals surface area (Å²) < 4.78 is 1.89. The lowest BCUT2D eigenvalue weighted by atomic mass is 10.4. The highest BCUT2D eigenvalue weighted by molar-refractivity contribution is 6.31. The normalized spacial score (nSPS) is 11.0. The number of halogens is 1. The molecule has 2 aromatic rings. The van der Waals surface area contributed by atoms with Crippen LogP contribution in [0.2, 0.25) is 5.02 Å². The summed E-state index contributed by atoms with van der Waals surface area (Å²) in [5, 5.41) is 0.582. The Hall–Kier alpha value is -1.29. The van der Waals surface area contributed by atoms with Gasteiger partial charge in [-0.15, -0.1) is 0 Å². The zero-order valence-corrected chi connectivity index (χ0v) is 8.62. The maximum Gasteiger partial charge on any atom is 0.202 e. The molecule has 0 unspecified atom stereocenters. The number of pyridine rings is 1. The highest BCUT2D eigenvalue weighted by atomic mass is 35.5. The lowest BCUT2D eigenvalue weighted by molar-refractivity contribution is 0.701. The number of nitrogen functional groups attached to an aromatic ring is 1. The molecule has 0 aliphatic rings. The van der Waals surface area contributed by atoms with Crippen molar-refractivity contribution in [3.8, 4) is 0 Å². The number of fused-ring (bicyclic) bond motifs is 1. The Labute approximate surface area is 86.7 Å². The fourth-order valence-electron chi connectivity index (χ4n) is 1.45. The van der Waals surface area contributed by atoms with E-state index in [2.05, 4.69) is 16.9 Å². The van der Waals surface area contributed by atoms with Gasteiger partial charge in [0.2, 0.25) is 5.95 Å². The molecule has 0 atom stereocenters. The number of aryl methyl sites for hydroxylation is 1. The quantitative estimate of drug-likeness (QED) is 0.826. The molecule has 2 aromatic heterocycles. The van der Waals surface area contributed by atoms with Crippen molar-refractivity contribution in [3.05, 3.63) is 17.3 Å². The molecule has 0 fully saturated rings. The van der Waals surface area contributed by atoms with Crippen LogP contribution in [-0.2, 0) is 6.54 Å². The van der Waals surface area contributed by atoms with E-state index in [0.717, 1.165) is 24.1 Å². The molecule has 0 amide bonds. The molecule has 2 heterocycles. The lowest BCUT2D eigenvalue weighted by Crippen LogP contribution is -2.03. The third kappa shape index (κ3) is 1.42. The van der Waals surface area contributed by atoms with Gasteiger partial charge in [-0.05, 0) is 12.5 Å².